The third-order valence-electron chi connectivity index (χ3n) is 4.90. The number of benzene rings is 2. The zero-order chi connectivity index (χ0) is 21.4. The van der Waals surface area contributed by atoms with Crippen molar-refractivity contribution in [3.8, 4) is 5.69 Å². The lowest BCUT2D eigenvalue weighted by Gasteiger charge is -2.11. The van der Waals surface area contributed by atoms with Crippen LogP contribution in [0.2, 0.25) is 5.02 Å². The molecule has 0 aliphatic carbocycles. The first-order chi connectivity index (χ1) is 14.3. The van der Waals surface area contributed by atoms with Crippen molar-refractivity contribution in [3.63, 3.8) is 0 Å². The van der Waals surface area contributed by atoms with Gasteiger partial charge in [0.05, 0.1) is 17.8 Å². The summed E-state index contributed by atoms with van der Waals surface area (Å²) in [5.74, 6) is -0.477. The van der Waals surface area contributed by atoms with Crippen LogP contribution in [-0.2, 0) is 11.3 Å². The molecule has 1 saturated heterocycles. The number of nitrogens with zero attached hydrogens (tertiary/aromatic N) is 2. The Morgan fingerprint density at radius 1 is 1.03 bits per heavy atom. The second-order valence-corrected chi connectivity index (χ2v) is 7.57. The van der Waals surface area contributed by atoms with Crippen LogP contribution in [-0.4, -0.2) is 26.6 Å². The van der Waals surface area contributed by atoms with Gasteiger partial charge in [-0.2, -0.15) is 0 Å². The minimum absolute atomic E-state index is 0.0598. The van der Waals surface area contributed by atoms with Gasteiger partial charge in [0.2, 0.25) is 0 Å². The number of halogens is 1. The molecule has 0 radical (unpaired) electrons. The molecule has 1 fully saturated rings. The number of hydrogen-bond acceptors (Lipinski definition) is 3. The predicted octanol–water partition coefficient (Wildman–Crippen LogP) is 3.53. The monoisotopic (exact) mass is 422 g/mol. The quantitative estimate of drug-likeness (QED) is 0.498. The van der Waals surface area contributed by atoms with Gasteiger partial charge in [-0.05, 0) is 43.7 Å². The molecule has 1 aliphatic rings. The lowest BCUT2D eigenvalue weighted by Crippen LogP contribution is -2.30. The minimum Gasteiger partial charge on any atom is -0.303 e. The van der Waals surface area contributed by atoms with E-state index < -0.39 is 11.9 Å². The molecule has 2 aromatic carbocycles. The van der Waals surface area contributed by atoms with Gasteiger partial charge in [-0.3, -0.25) is 19.6 Å². The maximum Gasteiger partial charge on any atom is 0.329 e. The maximum absolute atomic E-state index is 12.9. The smallest absolute Gasteiger partial charge is 0.303 e. The minimum atomic E-state index is -0.518. The van der Waals surface area contributed by atoms with Crippen LogP contribution in [0.1, 0.15) is 22.4 Å². The van der Waals surface area contributed by atoms with E-state index in [0.29, 0.717) is 16.4 Å². The highest BCUT2D eigenvalue weighted by molar-refractivity contribution is 6.30. The van der Waals surface area contributed by atoms with Crippen LogP contribution in [0.25, 0.3) is 11.8 Å². The summed E-state index contributed by atoms with van der Waals surface area (Å²) in [4.78, 5) is 39.1. The molecular weight excluding hydrogens is 404 g/mol. The van der Waals surface area contributed by atoms with Crippen molar-refractivity contribution in [2.45, 2.75) is 20.4 Å². The third-order valence-corrected chi connectivity index (χ3v) is 5.13. The fourth-order valence-electron chi connectivity index (χ4n) is 3.26. The molecule has 0 saturated carbocycles. The number of aromatic nitrogens is 2. The second-order valence-electron chi connectivity index (χ2n) is 7.14. The molecule has 1 aliphatic heterocycles. The van der Waals surface area contributed by atoms with E-state index in [-0.39, 0.29) is 23.4 Å². The van der Waals surface area contributed by atoms with Gasteiger partial charge < -0.3 is 5.32 Å². The second kappa shape index (κ2) is 7.68. The van der Waals surface area contributed by atoms with E-state index in [9.17, 15) is 14.4 Å². The topological polar surface area (TPSA) is 87.2 Å². The molecule has 2 heterocycles. The molecular formula is C22H19ClN4O3. The number of amides is 3. The van der Waals surface area contributed by atoms with Crippen LogP contribution >= 0.6 is 11.6 Å². The van der Waals surface area contributed by atoms with E-state index in [4.69, 9.17) is 11.6 Å². The van der Waals surface area contributed by atoms with E-state index in [2.05, 4.69) is 10.4 Å². The van der Waals surface area contributed by atoms with Gasteiger partial charge in [-0.15, -0.1) is 0 Å². The van der Waals surface area contributed by atoms with Crippen LogP contribution in [0, 0.1) is 13.8 Å². The highest BCUT2D eigenvalue weighted by Crippen LogP contribution is 2.18. The van der Waals surface area contributed by atoms with Crippen LogP contribution in [0.4, 0.5) is 4.79 Å². The number of carbonyl (C=O) groups is 2. The van der Waals surface area contributed by atoms with Crippen LogP contribution < -0.4 is 10.9 Å². The van der Waals surface area contributed by atoms with E-state index in [1.165, 1.54) is 10.8 Å². The molecule has 0 spiro atoms. The third kappa shape index (κ3) is 3.67. The van der Waals surface area contributed by atoms with Crippen molar-refractivity contribution >= 4 is 29.6 Å². The molecule has 152 valence electrons. The highest BCUT2D eigenvalue weighted by atomic mass is 35.5. The molecule has 4 rings (SSSR count). The number of nitrogens with one attached hydrogen (secondary N) is 2. The van der Waals surface area contributed by atoms with Crippen LogP contribution in [0.15, 0.2) is 59.0 Å². The number of urea groups is 1. The highest BCUT2D eigenvalue weighted by Gasteiger charge is 2.34. The van der Waals surface area contributed by atoms with E-state index in [0.717, 1.165) is 16.0 Å². The average Bonchev–Trinajstić information content (AvgIpc) is 3.14. The SMILES string of the molecule is Cc1ccc(CN2C(=O)N/C(=C\c3c(C)[nH]n(-c4cccc(Cl)c4)c3=O)C2=O)cc1. The van der Waals surface area contributed by atoms with Crippen molar-refractivity contribution in [1.82, 2.24) is 20.0 Å². The summed E-state index contributed by atoms with van der Waals surface area (Å²) in [5.41, 5.74) is 3.07. The molecule has 7 nitrogen and oxygen atoms in total. The Bertz CT molecular complexity index is 1240. The largest absolute Gasteiger partial charge is 0.329 e. The summed E-state index contributed by atoms with van der Waals surface area (Å²) in [5, 5.41) is 6.03. The van der Waals surface area contributed by atoms with Crippen LogP contribution in [0.5, 0.6) is 0 Å². The Hall–Kier alpha value is -3.58. The molecule has 2 N–H and O–H groups in total. The van der Waals surface area contributed by atoms with E-state index in [1.807, 2.05) is 31.2 Å². The van der Waals surface area contributed by atoms with Crippen LogP contribution in [0.3, 0.4) is 0 Å². The molecule has 3 amide bonds. The normalized spacial score (nSPS) is 15.2. The predicted molar refractivity (Wildman–Crippen MR) is 114 cm³/mol. The molecule has 3 aromatic rings. The number of aryl methyl sites for hydroxylation is 2. The number of H-pyrrole nitrogens is 1. The zero-order valence-corrected chi connectivity index (χ0v) is 17.2. The van der Waals surface area contributed by atoms with E-state index >= 15 is 0 Å². The van der Waals surface area contributed by atoms with Crippen molar-refractivity contribution < 1.29 is 9.59 Å². The Kier molecular flexibility index (Phi) is 5.05. The molecule has 0 unspecified atom stereocenters. The fraction of sp³-hybridized carbons (Fsp3) is 0.136. The number of rotatable bonds is 4. The van der Waals surface area contributed by atoms with Gasteiger partial charge in [0.25, 0.3) is 11.5 Å². The first-order valence-corrected chi connectivity index (χ1v) is 9.69. The Labute approximate surface area is 177 Å². The maximum atomic E-state index is 12.9. The number of hydrogen-bond donors (Lipinski definition) is 2. The van der Waals surface area contributed by atoms with E-state index in [1.54, 1.807) is 31.2 Å². The van der Waals surface area contributed by atoms with Crippen molar-refractivity contribution in [3.05, 3.63) is 92.0 Å². The number of imide groups is 1. The molecule has 0 bridgehead atoms. The molecule has 8 heteroatoms. The zero-order valence-electron chi connectivity index (χ0n) is 16.4. The van der Waals surface area contributed by atoms with Gasteiger partial charge in [0.1, 0.15) is 5.70 Å². The van der Waals surface area contributed by atoms with Crippen molar-refractivity contribution in [1.29, 1.82) is 0 Å². The Balaban J connectivity index is 1.64. The summed E-state index contributed by atoms with van der Waals surface area (Å²) in [6.45, 7) is 3.84. The molecule has 1 aromatic heterocycles. The van der Waals surface area contributed by atoms with Crippen molar-refractivity contribution in [2.24, 2.45) is 0 Å². The average molecular weight is 423 g/mol. The van der Waals surface area contributed by atoms with Gasteiger partial charge in [0, 0.05) is 10.7 Å². The lowest BCUT2D eigenvalue weighted by atomic mass is 10.1. The number of aromatic amines is 1. The Morgan fingerprint density at radius 2 is 1.77 bits per heavy atom. The molecule has 0 atom stereocenters. The summed E-state index contributed by atoms with van der Waals surface area (Å²) >= 11 is 6.02. The summed E-state index contributed by atoms with van der Waals surface area (Å²) < 4.78 is 1.35. The Morgan fingerprint density at radius 3 is 2.47 bits per heavy atom. The van der Waals surface area contributed by atoms with Gasteiger partial charge >= 0.3 is 6.03 Å². The van der Waals surface area contributed by atoms with Gasteiger partial charge in [0.15, 0.2) is 0 Å². The number of carbonyl (C=O) groups excluding carboxylic acids is 2. The first kappa shape index (κ1) is 19.7. The van der Waals surface area contributed by atoms with Gasteiger partial charge in [-0.1, -0.05) is 47.5 Å². The summed E-state index contributed by atoms with van der Waals surface area (Å²) in [6, 6.07) is 13.9. The molecule has 30 heavy (non-hydrogen) atoms. The summed E-state index contributed by atoms with van der Waals surface area (Å²) in [6.07, 6.45) is 1.41. The lowest BCUT2D eigenvalue weighted by molar-refractivity contribution is -0.123. The first-order valence-electron chi connectivity index (χ1n) is 9.31. The summed E-state index contributed by atoms with van der Waals surface area (Å²) in [7, 11) is 0. The van der Waals surface area contributed by atoms with Gasteiger partial charge in [-0.25, -0.2) is 9.48 Å². The fourth-order valence-corrected chi connectivity index (χ4v) is 3.45. The standard InChI is InChI=1S/C22H19ClN4O3/c1-13-6-8-15(9-7-13)12-26-21(29)19(24-22(26)30)11-18-14(2)25-27(20(18)28)17-5-3-4-16(23)10-17/h3-11,25H,12H2,1-2H3,(H,24,30)/b19-11-. The van der Waals surface area contributed by atoms with Crippen molar-refractivity contribution in [2.75, 3.05) is 0 Å².